The van der Waals surface area contributed by atoms with Crippen molar-refractivity contribution in [2.75, 3.05) is 0 Å². The molecule has 0 radical (unpaired) electrons. The minimum absolute atomic E-state index is 0.400. The van der Waals surface area contributed by atoms with Gasteiger partial charge in [0.2, 0.25) is 0 Å². The lowest BCUT2D eigenvalue weighted by Crippen LogP contribution is -2.25. The summed E-state index contributed by atoms with van der Waals surface area (Å²) in [5.74, 6) is 0. The highest BCUT2D eigenvalue weighted by Crippen LogP contribution is 2.08. The fourth-order valence-corrected chi connectivity index (χ4v) is 1.37. The maximum atomic E-state index is 12.6. The normalized spacial score (nSPS) is 9.67. The second-order valence-electron chi connectivity index (χ2n) is 1.45. The van der Waals surface area contributed by atoms with Crippen LogP contribution >= 0.6 is 31.9 Å². The average Bonchev–Trinajstić information content (AvgIpc) is 1.83. The molecule has 0 bridgehead atoms. The summed E-state index contributed by atoms with van der Waals surface area (Å²) in [7, 11) is 0. The third-order valence-electron chi connectivity index (χ3n) is 0.843. The first-order chi connectivity index (χ1) is 4.22. The molecule has 0 saturated carbocycles. The number of rotatable bonds is 0. The molecule has 0 fully saturated rings. The predicted molar refractivity (Wildman–Crippen MR) is 38.5 cm³/mol. The molecule has 0 aromatic carbocycles. The van der Waals surface area contributed by atoms with Gasteiger partial charge in [0.05, 0.1) is 4.48 Å². The fourth-order valence-electron chi connectivity index (χ4n) is 0.440. The first kappa shape index (κ1) is 7.15. The van der Waals surface area contributed by atoms with Gasteiger partial charge >= 0.3 is 0 Å². The molecule has 1 heterocycles. The molecule has 0 saturated heterocycles. The average molecular weight is 256 g/mol. The molecule has 4 heteroatoms. The summed E-state index contributed by atoms with van der Waals surface area (Å²) < 4.78 is 13.4. The number of hydrogen-bond donors (Lipinski definition) is 0. The van der Waals surface area contributed by atoms with Gasteiger partial charge in [0.25, 0.3) is 9.21 Å². The summed E-state index contributed by atoms with van der Waals surface area (Å²) in [4.78, 5) is 0.500. The van der Waals surface area contributed by atoms with Crippen LogP contribution in [0.3, 0.4) is 0 Å². The van der Waals surface area contributed by atoms with Crippen molar-refractivity contribution in [3.63, 3.8) is 0 Å². The van der Waals surface area contributed by atoms with Crippen molar-refractivity contribution in [2.45, 2.75) is 0 Å². The van der Waals surface area contributed by atoms with Crippen molar-refractivity contribution < 1.29 is 9.27 Å². The lowest BCUT2D eigenvalue weighted by Gasteiger charge is -1.83. The molecule has 0 amide bonds. The smallest absolute Gasteiger partial charge is 0.0476 e. The molecule has 0 aliphatic carbocycles. The van der Waals surface area contributed by atoms with E-state index in [1.54, 1.807) is 18.2 Å². The summed E-state index contributed by atoms with van der Waals surface area (Å²) in [6, 6.07) is 4.97. The van der Waals surface area contributed by atoms with Crippen molar-refractivity contribution in [3.8, 4) is 0 Å². The SMILES string of the molecule is F[n+]1c(Br)cccc1Br. The third kappa shape index (κ3) is 1.49. The highest BCUT2D eigenvalue weighted by atomic mass is 79.9. The molecule has 0 spiro atoms. The fraction of sp³-hybridized carbons (Fsp3) is 0. The summed E-state index contributed by atoms with van der Waals surface area (Å²) in [6.07, 6.45) is 0. The van der Waals surface area contributed by atoms with Crippen molar-refractivity contribution in [1.82, 2.24) is 0 Å². The second-order valence-corrected chi connectivity index (χ2v) is 3.08. The Morgan fingerprint density at radius 1 is 1.22 bits per heavy atom. The number of pyridine rings is 1. The van der Waals surface area contributed by atoms with Gasteiger partial charge in [-0.05, 0) is 6.07 Å². The molecule has 0 N–H and O–H groups in total. The van der Waals surface area contributed by atoms with Crippen molar-refractivity contribution in [1.29, 1.82) is 0 Å². The van der Waals surface area contributed by atoms with Crippen molar-refractivity contribution in [2.24, 2.45) is 0 Å². The largest absolute Gasteiger partial charge is 0.296 e. The Bertz CT molecular complexity index is 206. The molecule has 0 unspecified atom stereocenters. The quantitative estimate of drug-likeness (QED) is 0.626. The van der Waals surface area contributed by atoms with Gasteiger partial charge in [-0.3, -0.25) is 0 Å². The van der Waals surface area contributed by atoms with Crippen LogP contribution in [-0.4, -0.2) is 0 Å². The first-order valence-electron chi connectivity index (χ1n) is 2.24. The summed E-state index contributed by atoms with van der Waals surface area (Å²) in [6.45, 7) is 0. The highest BCUT2D eigenvalue weighted by molar-refractivity contribution is 9.11. The molecular formula is C5H3Br2FN+. The Labute approximate surface area is 68.7 Å². The minimum Gasteiger partial charge on any atom is -0.0476 e. The van der Waals surface area contributed by atoms with Gasteiger partial charge in [-0.2, -0.15) is 0 Å². The number of hydrogen-bond acceptors (Lipinski definition) is 0. The Kier molecular flexibility index (Phi) is 2.18. The third-order valence-corrected chi connectivity index (χ3v) is 1.99. The predicted octanol–water partition coefficient (Wildman–Crippen LogP) is 2.23. The topological polar surface area (TPSA) is 3.88 Å². The van der Waals surface area contributed by atoms with Crippen LogP contribution < -0.4 is 4.79 Å². The first-order valence-corrected chi connectivity index (χ1v) is 3.82. The van der Waals surface area contributed by atoms with E-state index in [0.29, 0.717) is 14.0 Å². The minimum atomic E-state index is 0.400. The number of halogens is 3. The van der Waals surface area contributed by atoms with E-state index in [1.165, 1.54) is 0 Å². The second kappa shape index (κ2) is 2.75. The van der Waals surface area contributed by atoms with Gasteiger partial charge in [0, 0.05) is 48.8 Å². The molecule has 1 nitrogen and oxygen atoms in total. The summed E-state index contributed by atoms with van der Waals surface area (Å²) in [5, 5.41) is 0. The van der Waals surface area contributed by atoms with E-state index in [9.17, 15) is 4.48 Å². The van der Waals surface area contributed by atoms with Gasteiger partial charge in [-0.1, -0.05) is 0 Å². The molecule has 9 heavy (non-hydrogen) atoms. The van der Waals surface area contributed by atoms with Crippen LogP contribution in [0.15, 0.2) is 27.4 Å². The zero-order chi connectivity index (χ0) is 6.85. The van der Waals surface area contributed by atoms with E-state index >= 15 is 0 Å². The number of aromatic nitrogens is 1. The molecular weight excluding hydrogens is 253 g/mol. The van der Waals surface area contributed by atoms with E-state index in [-0.39, 0.29) is 0 Å². The maximum Gasteiger partial charge on any atom is 0.296 e. The lowest BCUT2D eigenvalue weighted by molar-refractivity contribution is -0.861. The summed E-state index contributed by atoms with van der Waals surface area (Å²) >= 11 is 6.01. The Balaban J connectivity index is 3.25. The Morgan fingerprint density at radius 2 is 1.67 bits per heavy atom. The van der Waals surface area contributed by atoms with Crippen LogP contribution in [0.2, 0.25) is 0 Å². The standard InChI is InChI=1S/C5H3Br2FN/c6-4-2-1-3-5(7)9(4)8/h1-3H/q+1. The van der Waals surface area contributed by atoms with Crippen molar-refractivity contribution >= 4 is 31.9 Å². The van der Waals surface area contributed by atoms with Crippen molar-refractivity contribution in [3.05, 3.63) is 27.4 Å². The Hall–Kier alpha value is 0.0400. The molecule has 0 aliphatic rings. The van der Waals surface area contributed by atoms with Gasteiger partial charge < -0.3 is 0 Å². The van der Waals surface area contributed by atoms with Crippen LogP contribution in [-0.2, 0) is 0 Å². The zero-order valence-electron chi connectivity index (χ0n) is 4.31. The monoisotopic (exact) mass is 254 g/mol. The van der Waals surface area contributed by atoms with E-state index in [1.807, 2.05) is 0 Å². The van der Waals surface area contributed by atoms with E-state index in [0.717, 1.165) is 0 Å². The summed E-state index contributed by atoms with van der Waals surface area (Å²) in [5.41, 5.74) is 0. The van der Waals surface area contributed by atoms with Crippen LogP contribution in [0, 0.1) is 0 Å². The molecule has 0 aliphatic heterocycles. The van der Waals surface area contributed by atoms with Gasteiger partial charge in [-0.15, -0.1) is 0 Å². The van der Waals surface area contributed by atoms with Crippen LogP contribution in [0.4, 0.5) is 4.48 Å². The highest BCUT2D eigenvalue weighted by Gasteiger charge is 2.10. The van der Waals surface area contributed by atoms with Gasteiger partial charge in [0.1, 0.15) is 0 Å². The van der Waals surface area contributed by atoms with Gasteiger partial charge in [0.15, 0.2) is 0 Å². The van der Waals surface area contributed by atoms with Crippen LogP contribution in [0.25, 0.3) is 0 Å². The molecule has 48 valence electrons. The molecule has 1 aromatic heterocycles. The zero-order valence-corrected chi connectivity index (χ0v) is 7.49. The molecule has 1 aromatic rings. The molecule has 1 rings (SSSR count). The Morgan fingerprint density at radius 3 is 2.00 bits per heavy atom. The van der Waals surface area contributed by atoms with E-state index < -0.39 is 0 Å². The van der Waals surface area contributed by atoms with Crippen LogP contribution in [0.5, 0.6) is 0 Å². The van der Waals surface area contributed by atoms with Gasteiger partial charge in [-0.25, -0.2) is 0 Å². The molecule has 0 atom stereocenters. The number of nitrogens with zero attached hydrogens (tertiary/aromatic N) is 1. The van der Waals surface area contributed by atoms with E-state index in [4.69, 9.17) is 0 Å². The van der Waals surface area contributed by atoms with Crippen LogP contribution in [0.1, 0.15) is 0 Å². The lowest BCUT2D eigenvalue weighted by atomic mass is 10.5. The van der Waals surface area contributed by atoms with E-state index in [2.05, 4.69) is 31.9 Å². The maximum absolute atomic E-state index is 12.6.